The number of hydrogen-bond donors (Lipinski definition) is 1. The van der Waals surface area contributed by atoms with Gasteiger partial charge >= 0.3 is 0 Å². The van der Waals surface area contributed by atoms with E-state index in [9.17, 15) is 0 Å². The number of nitrogens with two attached hydrogens (primary N) is 1. The normalized spacial score (nSPS) is 12.1. The second-order valence-electron chi connectivity index (χ2n) is 4.94. The Morgan fingerprint density at radius 1 is 1.10 bits per heavy atom. The summed E-state index contributed by atoms with van der Waals surface area (Å²) >= 11 is 0. The Morgan fingerprint density at radius 3 is 2.45 bits per heavy atom. The van der Waals surface area contributed by atoms with Gasteiger partial charge in [-0.1, -0.05) is 25.5 Å². The van der Waals surface area contributed by atoms with Crippen LogP contribution in [0.2, 0.25) is 0 Å². The van der Waals surface area contributed by atoms with Crippen LogP contribution in [0.5, 0.6) is 5.75 Å². The number of rotatable bonds is 7. The summed E-state index contributed by atoms with van der Waals surface area (Å²) in [5.74, 6) is 0.915. The molecule has 1 aromatic carbocycles. The van der Waals surface area contributed by atoms with Gasteiger partial charge in [-0.25, -0.2) is 0 Å². The summed E-state index contributed by atoms with van der Waals surface area (Å²) in [6, 6.07) is 12.1. The third-order valence-electron chi connectivity index (χ3n) is 3.28. The summed E-state index contributed by atoms with van der Waals surface area (Å²) < 4.78 is 5.65. The molecular weight excluding hydrogens is 248 g/mol. The molecule has 2 N–H and O–H groups in total. The Kier molecular flexibility index (Phi) is 5.56. The monoisotopic (exact) mass is 270 g/mol. The Bertz CT molecular complexity index is 496. The topological polar surface area (TPSA) is 48.1 Å². The first kappa shape index (κ1) is 14.5. The van der Waals surface area contributed by atoms with Crippen molar-refractivity contribution in [1.82, 2.24) is 4.98 Å². The molecule has 0 aliphatic carbocycles. The predicted octanol–water partition coefficient (Wildman–Crippen LogP) is 3.50. The lowest BCUT2D eigenvalue weighted by Crippen LogP contribution is -2.13. The van der Waals surface area contributed by atoms with E-state index in [2.05, 4.69) is 11.9 Å². The first-order valence-corrected chi connectivity index (χ1v) is 7.17. The van der Waals surface area contributed by atoms with Crippen molar-refractivity contribution in [2.75, 3.05) is 6.61 Å². The van der Waals surface area contributed by atoms with Gasteiger partial charge in [0.15, 0.2) is 0 Å². The minimum absolute atomic E-state index is 0.00194. The maximum atomic E-state index is 6.24. The summed E-state index contributed by atoms with van der Waals surface area (Å²) in [6.07, 6.45) is 6.65. The number of hydrogen-bond acceptors (Lipinski definition) is 3. The zero-order valence-electron chi connectivity index (χ0n) is 12.0. The van der Waals surface area contributed by atoms with Gasteiger partial charge in [-0.05, 0) is 48.2 Å². The number of nitrogens with zero attached hydrogens (tertiary/aromatic N) is 1. The molecule has 1 atom stereocenters. The zero-order valence-corrected chi connectivity index (χ0v) is 12.0. The van der Waals surface area contributed by atoms with E-state index in [1.54, 1.807) is 12.4 Å². The molecule has 2 rings (SSSR count). The Labute approximate surface area is 120 Å². The molecule has 0 radical (unpaired) electrons. The Hall–Kier alpha value is -1.87. The minimum atomic E-state index is 0.00194. The van der Waals surface area contributed by atoms with Crippen molar-refractivity contribution < 1.29 is 4.74 Å². The second kappa shape index (κ2) is 7.65. The molecule has 0 fully saturated rings. The largest absolute Gasteiger partial charge is 0.494 e. The highest BCUT2D eigenvalue weighted by Crippen LogP contribution is 2.19. The van der Waals surface area contributed by atoms with Crippen LogP contribution in [0.25, 0.3) is 0 Å². The highest BCUT2D eigenvalue weighted by atomic mass is 16.5. The molecule has 20 heavy (non-hydrogen) atoms. The summed E-state index contributed by atoms with van der Waals surface area (Å²) in [7, 11) is 0. The lowest BCUT2D eigenvalue weighted by atomic mass is 10.0. The van der Waals surface area contributed by atoms with Crippen LogP contribution in [0.15, 0.2) is 48.8 Å². The summed E-state index contributed by atoms with van der Waals surface area (Å²) in [5, 5.41) is 0. The zero-order chi connectivity index (χ0) is 14.2. The van der Waals surface area contributed by atoms with Crippen LogP contribution in [-0.2, 0) is 6.42 Å². The molecule has 0 bridgehead atoms. The lowest BCUT2D eigenvalue weighted by Gasteiger charge is -2.13. The van der Waals surface area contributed by atoms with Crippen LogP contribution in [0.3, 0.4) is 0 Å². The van der Waals surface area contributed by atoms with Crippen LogP contribution in [0.4, 0.5) is 0 Å². The van der Waals surface area contributed by atoms with Crippen molar-refractivity contribution in [3.63, 3.8) is 0 Å². The Morgan fingerprint density at radius 2 is 1.80 bits per heavy atom. The van der Waals surface area contributed by atoms with E-state index in [0.717, 1.165) is 37.2 Å². The molecule has 0 amide bonds. The first-order chi connectivity index (χ1) is 9.79. The molecule has 3 heteroatoms. The molecule has 0 saturated heterocycles. The molecule has 106 valence electrons. The smallest absolute Gasteiger partial charge is 0.119 e. The van der Waals surface area contributed by atoms with E-state index in [-0.39, 0.29) is 6.04 Å². The molecule has 1 unspecified atom stereocenters. The van der Waals surface area contributed by atoms with E-state index in [1.165, 1.54) is 5.56 Å². The second-order valence-corrected chi connectivity index (χ2v) is 4.94. The number of ether oxygens (including phenoxy) is 1. The molecule has 1 aromatic heterocycles. The van der Waals surface area contributed by atoms with E-state index >= 15 is 0 Å². The number of pyridine rings is 1. The maximum absolute atomic E-state index is 6.24. The fourth-order valence-electron chi connectivity index (χ4n) is 2.04. The van der Waals surface area contributed by atoms with Gasteiger partial charge in [0.1, 0.15) is 5.75 Å². The van der Waals surface area contributed by atoms with Gasteiger partial charge in [0.05, 0.1) is 6.61 Å². The Balaban J connectivity index is 1.92. The van der Waals surface area contributed by atoms with Crippen molar-refractivity contribution >= 4 is 0 Å². The maximum Gasteiger partial charge on any atom is 0.119 e. The van der Waals surface area contributed by atoms with Gasteiger partial charge in [-0.3, -0.25) is 4.98 Å². The fourth-order valence-corrected chi connectivity index (χ4v) is 2.04. The highest BCUT2D eigenvalue weighted by Gasteiger charge is 2.07. The van der Waals surface area contributed by atoms with Crippen LogP contribution in [0, 0.1) is 0 Å². The van der Waals surface area contributed by atoms with Gasteiger partial charge in [0, 0.05) is 18.4 Å². The summed E-state index contributed by atoms with van der Waals surface area (Å²) in [6.45, 7) is 2.93. The average Bonchev–Trinajstić information content (AvgIpc) is 2.49. The van der Waals surface area contributed by atoms with E-state index in [1.807, 2.05) is 36.4 Å². The third-order valence-corrected chi connectivity index (χ3v) is 3.28. The lowest BCUT2D eigenvalue weighted by molar-refractivity contribution is 0.309. The van der Waals surface area contributed by atoms with Gasteiger partial charge in [0.2, 0.25) is 0 Å². The minimum Gasteiger partial charge on any atom is -0.494 e. The fraction of sp³-hybridized carbons (Fsp3) is 0.353. The molecule has 1 heterocycles. The van der Waals surface area contributed by atoms with E-state index in [4.69, 9.17) is 10.5 Å². The standard InChI is InChI=1S/C17H22N2O/c1-2-3-12-20-16-6-4-15(5-7-16)17(18)13-14-8-10-19-11-9-14/h4-11,17H,2-3,12-13,18H2,1H3. The molecular formula is C17H22N2O. The quantitative estimate of drug-likeness (QED) is 0.783. The van der Waals surface area contributed by atoms with Crippen LogP contribution < -0.4 is 10.5 Å². The average molecular weight is 270 g/mol. The van der Waals surface area contributed by atoms with Crippen molar-refractivity contribution in [3.05, 3.63) is 59.9 Å². The highest BCUT2D eigenvalue weighted by molar-refractivity contribution is 5.30. The molecule has 0 aliphatic heterocycles. The van der Waals surface area contributed by atoms with Crippen molar-refractivity contribution in [2.24, 2.45) is 5.73 Å². The van der Waals surface area contributed by atoms with E-state index in [0.29, 0.717) is 0 Å². The predicted molar refractivity (Wildman–Crippen MR) is 81.7 cm³/mol. The van der Waals surface area contributed by atoms with Crippen molar-refractivity contribution in [1.29, 1.82) is 0 Å². The third kappa shape index (κ3) is 4.35. The van der Waals surface area contributed by atoms with Gasteiger partial charge < -0.3 is 10.5 Å². The van der Waals surface area contributed by atoms with Crippen LogP contribution in [0.1, 0.15) is 36.9 Å². The summed E-state index contributed by atoms with van der Waals surface area (Å²) in [5.41, 5.74) is 8.57. The summed E-state index contributed by atoms with van der Waals surface area (Å²) in [4.78, 5) is 4.02. The number of benzene rings is 1. The first-order valence-electron chi connectivity index (χ1n) is 7.17. The molecule has 0 spiro atoms. The molecule has 0 saturated carbocycles. The van der Waals surface area contributed by atoms with Crippen molar-refractivity contribution in [3.8, 4) is 5.75 Å². The van der Waals surface area contributed by atoms with Gasteiger partial charge in [-0.15, -0.1) is 0 Å². The number of aromatic nitrogens is 1. The molecule has 2 aromatic rings. The van der Waals surface area contributed by atoms with Crippen LogP contribution in [-0.4, -0.2) is 11.6 Å². The molecule has 3 nitrogen and oxygen atoms in total. The SMILES string of the molecule is CCCCOc1ccc(C(N)Cc2ccncc2)cc1. The van der Waals surface area contributed by atoms with Crippen LogP contribution >= 0.6 is 0 Å². The number of unbranched alkanes of at least 4 members (excludes halogenated alkanes) is 1. The van der Waals surface area contributed by atoms with E-state index < -0.39 is 0 Å². The van der Waals surface area contributed by atoms with Gasteiger partial charge in [0.25, 0.3) is 0 Å². The van der Waals surface area contributed by atoms with Crippen molar-refractivity contribution in [2.45, 2.75) is 32.2 Å². The van der Waals surface area contributed by atoms with Gasteiger partial charge in [-0.2, -0.15) is 0 Å². The molecule has 0 aliphatic rings.